The number of nitrogens with zero attached hydrogens (tertiary/aromatic N) is 4. The summed E-state index contributed by atoms with van der Waals surface area (Å²) < 4.78 is 5.51. The molecule has 28 heavy (non-hydrogen) atoms. The third-order valence-electron chi connectivity index (χ3n) is 6.20. The standard InChI is InChI=1S/C21H29N5O2/c1-15(21-23-20(24-28-21)16-6-3-2-4-7-16)25-10-12-26(13-11-25)19(27)14-17-8-5-9-18(17)22/h2-4,6-7,15,17-18H,5,8-14,22H2,1H3/t15?,17-,18+/m0/s1. The van der Waals surface area contributed by atoms with E-state index >= 15 is 0 Å². The van der Waals surface area contributed by atoms with E-state index in [4.69, 9.17) is 10.3 Å². The van der Waals surface area contributed by atoms with Crippen molar-refractivity contribution in [2.45, 2.75) is 44.7 Å². The second-order valence-electron chi connectivity index (χ2n) is 7.97. The third kappa shape index (κ3) is 4.10. The fourth-order valence-electron chi connectivity index (χ4n) is 4.30. The largest absolute Gasteiger partial charge is 0.340 e. The van der Waals surface area contributed by atoms with E-state index in [1.165, 1.54) is 0 Å². The van der Waals surface area contributed by atoms with Crippen LogP contribution in [0.1, 0.15) is 44.5 Å². The van der Waals surface area contributed by atoms with Gasteiger partial charge in [-0.3, -0.25) is 9.69 Å². The minimum Gasteiger partial charge on any atom is -0.340 e. The number of hydrogen-bond donors (Lipinski definition) is 1. The van der Waals surface area contributed by atoms with Crippen LogP contribution in [0.25, 0.3) is 11.4 Å². The first kappa shape index (κ1) is 19.1. The van der Waals surface area contributed by atoms with Gasteiger partial charge in [-0.2, -0.15) is 4.98 Å². The molecule has 2 N–H and O–H groups in total. The van der Waals surface area contributed by atoms with E-state index in [-0.39, 0.29) is 18.0 Å². The molecule has 150 valence electrons. The molecule has 2 fully saturated rings. The Labute approximate surface area is 165 Å². The lowest BCUT2D eigenvalue weighted by atomic mass is 9.99. The summed E-state index contributed by atoms with van der Waals surface area (Å²) in [5.41, 5.74) is 7.07. The lowest BCUT2D eigenvalue weighted by molar-refractivity contribution is -0.134. The number of carbonyl (C=O) groups is 1. The fraction of sp³-hybridized carbons (Fsp3) is 0.571. The highest BCUT2D eigenvalue weighted by atomic mass is 16.5. The molecule has 0 radical (unpaired) electrons. The SMILES string of the molecule is CC(c1nc(-c2ccccc2)no1)N1CCN(C(=O)C[C@@H]2CCC[C@H]2N)CC1. The maximum Gasteiger partial charge on any atom is 0.244 e. The smallest absolute Gasteiger partial charge is 0.244 e. The summed E-state index contributed by atoms with van der Waals surface area (Å²) in [6.45, 7) is 5.19. The van der Waals surface area contributed by atoms with Crippen LogP contribution < -0.4 is 5.73 Å². The zero-order valence-corrected chi connectivity index (χ0v) is 16.5. The van der Waals surface area contributed by atoms with Crippen molar-refractivity contribution in [3.8, 4) is 11.4 Å². The van der Waals surface area contributed by atoms with Crippen LogP contribution in [0.2, 0.25) is 0 Å². The van der Waals surface area contributed by atoms with Crippen molar-refractivity contribution in [1.82, 2.24) is 19.9 Å². The molecular weight excluding hydrogens is 354 g/mol. The summed E-state index contributed by atoms with van der Waals surface area (Å²) in [6, 6.07) is 10.1. The van der Waals surface area contributed by atoms with E-state index in [1.54, 1.807) is 0 Å². The zero-order valence-electron chi connectivity index (χ0n) is 16.5. The molecule has 2 aromatic rings. The van der Waals surface area contributed by atoms with Crippen LogP contribution in [0.3, 0.4) is 0 Å². The Kier molecular flexibility index (Phi) is 5.73. The number of aromatic nitrogens is 2. The highest BCUT2D eigenvalue weighted by molar-refractivity contribution is 5.76. The first-order valence-corrected chi connectivity index (χ1v) is 10.3. The Morgan fingerprint density at radius 2 is 1.96 bits per heavy atom. The molecule has 1 unspecified atom stereocenters. The Morgan fingerprint density at radius 3 is 2.64 bits per heavy atom. The van der Waals surface area contributed by atoms with Gasteiger partial charge in [0.05, 0.1) is 6.04 Å². The van der Waals surface area contributed by atoms with Crippen LogP contribution in [-0.4, -0.2) is 58.1 Å². The average molecular weight is 383 g/mol. The molecule has 1 saturated carbocycles. The summed E-state index contributed by atoms with van der Waals surface area (Å²) in [5.74, 6) is 1.85. The van der Waals surface area contributed by atoms with E-state index in [0.717, 1.165) is 51.0 Å². The molecule has 1 saturated heterocycles. The minimum atomic E-state index is 0.0328. The maximum atomic E-state index is 12.6. The van der Waals surface area contributed by atoms with Crippen LogP contribution in [0.5, 0.6) is 0 Å². The predicted octanol–water partition coefficient (Wildman–Crippen LogP) is 2.46. The second kappa shape index (κ2) is 8.41. The van der Waals surface area contributed by atoms with Gasteiger partial charge in [0.2, 0.25) is 17.6 Å². The van der Waals surface area contributed by atoms with Gasteiger partial charge in [-0.1, -0.05) is 41.9 Å². The van der Waals surface area contributed by atoms with Crippen molar-refractivity contribution in [3.63, 3.8) is 0 Å². The molecule has 3 atom stereocenters. The molecule has 1 aliphatic heterocycles. The molecule has 1 aromatic carbocycles. The lowest BCUT2D eigenvalue weighted by Crippen LogP contribution is -2.49. The van der Waals surface area contributed by atoms with Gasteiger partial charge >= 0.3 is 0 Å². The van der Waals surface area contributed by atoms with Crippen molar-refractivity contribution in [2.24, 2.45) is 11.7 Å². The van der Waals surface area contributed by atoms with Gasteiger partial charge in [-0.25, -0.2) is 0 Å². The van der Waals surface area contributed by atoms with Crippen molar-refractivity contribution in [1.29, 1.82) is 0 Å². The van der Waals surface area contributed by atoms with Crippen LogP contribution in [0, 0.1) is 5.92 Å². The molecular formula is C21H29N5O2. The Morgan fingerprint density at radius 1 is 1.21 bits per heavy atom. The van der Waals surface area contributed by atoms with Crippen LogP contribution in [-0.2, 0) is 4.79 Å². The van der Waals surface area contributed by atoms with Gasteiger partial charge in [0.15, 0.2) is 0 Å². The number of carbonyl (C=O) groups excluding carboxylic acids is 1. The van der Waals surface area contributed by atoms with E-state index in [0.29, 0.717) is 24.1 Å². The zero-order chi connectivity index (χ0) is 19.5. The number of benzene rings is 1. The highest BCUT2D eigenvalue weighted by Crippen LogP contribution is 2.28. The predicted molar refractivity (Wildman–Crippen MR) is 106 cm³/mol. The third-order valence-corrected chi connectivity index (χ3v) is 6.20. The number of piperazine rings is 1. The summed E-state index contributed by atoms with van der Waals surface area (Å²) in [4.78, 5) is 21.5. The summed E-state index contributed by atoms with van der Waals surface area (Å²) in [6.07, 6.45) is 3.89. The summed E-state index contributed by atoms with van der Waals surface area (Å²) >= 11 is 0. The van der Waals surface area contributed by atoms with Gasteiger partial charge in [-0.15, -0.1) is 0 Å². The molecule has 2 heterocycles. The Bertz CT molecular complexity index is 785. The van der Waals surface area contributed by atoms with Crippen LogP contribution in [0.4, 0.5) is 0 Å². The number of nitrogens with two attached hydrogens (primary N) is 1. The topological polar surface area (TPSA) is 88.5 Å². The van der Waals surface area contributed by atoms with E-state index in [1.807, 2.05) is 35.2 Å². The average Bonchev–Trinajstić information content (AvgIpc) is 3.38. The first-order valence-electron chi connectivity index (χ1n) is 10.3. The second-order valence-corrected chi connectivity index (χ2v) is 7.97. The quantitative estimate of drug-likeness (QED) is 0.853. The molecule has 7 nitrogen and oxygen atoms in total. The highest BCUT2D eigenvalue weighted by Gasteiger charge is 2.31. The molecule has 7 heteroatoms. The van der Waals surface area contributed by atoms with Crippen LogP contribution in [0.15, 0.2) is 34.9 Å². The van der Waals surface area contributed by atoms with Crippen molar-refractivity contribution < 1.29 is 9.32 Å². The lowest BCUT2D eigenvalue weighted by Gasteiger charge is -2.37. The Balaban J connectivity index is 1.31. The number of rotatable bonds is 5. The van der Waals surface area contributed by atoms with Crippen molar-refractivity contribution >= 4 is 5.91 Å². The maximum absolute atomic E-state index is 12.6. The molecule has 4 rings (SSSR count). The molecule has 2 aliphatic rings. The molecule has 1 aromatic heterocycles. The molecule has 1 aliphatic carbocycles. The van der Waals surface area contributed by atoms with Crippen LogP contribution >= 0.6 is 0 Å². The first-order chi connectivity index (χ1) is 13.6. The van der Waals surface area contributed by atoms with Gasteiger partial charge in [0, 0.05) is 44.2 Å². The van der Waals surface area contributed by atoms with E-state index in [9.17, 15) is 4.79 Å². The summed E-state index contributed by atoms with van der Waals surface area (Å²) in [5, 5.41) is 4.12. The van der Waals surface area contributed by atoms with E-state index < -0.39 is 0 Å². The van der Waals surface area contributed by atoms with Crippen molar-refractivity contribution in [3.05, 3.63) is 36.2 Å². The van der Waals surface area contributed by atoms with Gasteiger partial charge in [0.1, 0.15) is 0 Å². The molecule has 0 bridgehead atoms. The number of hydrogen-bond acceptors (Lipinski definition) is 6. The molecule has 0 spiro atoms. The Hall–Kier alpha value is -2.25. The fourth-order valence-corrected chi connectivity index (χ4v) is 4.30. The van der Waals surface area contributed by atoms with Gasteiger partial charge < -0.3 is 15.2 Å². The van der Waals surface area contributed by atoms with Gasteiger partial charge in [-0.05, 0) is 25.7 Å². The molecule has 1 amide bonds. The van der Waals surface area contributed by atoms with E-state index in [2.05, 4.69) is 22.0 Å². The minimum absolute atomic E-state index is 0.0328. The van der Waals surface area contributed by atoms with Gasteiger partial charge in [0.25, 0.3) is 0 Å². The van der Waals surface area contributed by atoms with Crippen molar-refractivity contribution in [2.75, 3.05) is 26.2 Å². The summed E-state index contributed by atoms with van der Waals surface area (Å²) in [7, 11) is 0. The monoisotopic (exact) mass is 383 g/mol. The number of amides is 1. The normalized spacial score (nSPS) is 24.4.